The molecule has 0 aromatic carbocycles. The summed E-state index contributed by atoms with van der Waals surface area (Å²) in [6.07, 6.45) is 8.41. The molecule has 0 radical (unpaired) electrons. The summed E-state index contributed by atoms with van der Waals surface area (Å²) in [4.78, 5) is 27.2. The molecule has 2 aliphatic carbocycles. The van der Waals surface area contributed by atoms with Crippen molar-refractivity contribution in [2.75, 3.05) is 6.61 Å². The summed E-state index contributed by atoms with van der Waals surface area (Å²) < 4.78 is 13.9. The Labute approximate surface area is 187 Å². The Morgan fingerprint density at radius 1 is 1.22 bits per heavy atom. The molecule has 32 heavy (non-hydrogen) atoms. The van der Waals surface area contributed by atoms with Gasteiger partial charge in [0.05, 0.1) is 24.0 Å². The zero-order valence-corrected chi connectivity index (χ0v) is 18.8. The number of pyridine rings is 1. The van der Waals surface area contributed by atoms with Crippen LogP contribution in [0.15, 0.2) is 30.6 Å². The number of ether oxygens (including phenoxy) is 2. The third kappa shape index (κ3) is 3.30. The number of carbonyl (C=O) groups excluding carboxylic acids is 1. The lowest BCUT2D eigenvalue weighted by molar-refractivity contribution is 0.0154. The Hall–Kier alpha value is -2.80. The highest BCUT2D eigenvalue weighted by Gasteiger charge is 2.61. The smallest absolute Gasteiger partial charge is 0.237 e. The van der Waals surface area contributed by atoms with Crippen LogP contribution in [0, 0.1) is 0 Å². The standard InChI is InChI=1S/C25H28N4O3/c1-15(2)32-22-17(9-20(30)19-6-4-5-18(26-19)16-7-8-16)10-29-11-21(27-23(29)28-22)25-12-24(3,13-25)31-14-25/h4-6,10-11,15-16H,7-9,12-14H2,1-3H3. The number of fused-ring (bicyclic) bond motifs is 2. The molecule has 0 unspecified atom stereocenters. The number of rotatable bonds is 7. The molecule has 166 valence electrons. The van der Waals surface area contributed by atoms with Crippen LogP contribution in [0.1, 0.15) is 79.8 Å². The Morgan fingerprint density at radius 3 is 2.72 bits per heavy atom. The monoisotopic (exact) mass is 432 g/mol. The molecule has 7 rings (SSSR count). The van der Waals surface area contributed by atoms with Gasteiger partial charge in [-0.05, 0) is 58.6 Å². The lowest BCUT2D eigenvalue weighted by atomic mass is 9.62. The molecule has 3 aromatic heterocycles. The van der Waals surface area contributed by atoms with Gasteiger partial charge in [0.25, 0.3) is 0 Å². The van der Waals surface area contributed by atoms with E-state index < -0.39 is 0 Å². The molecule has 0 atom stereocenters. The van der Waals surface area contributed by atoms with Crippen LogP contribution in [-0.4, -0.2) is 43.4 Å². The van der Waals surface area contributed by atoms with E-state index in [1.807, 2.05) is 42.8 Å². The fourth-order valence-corrected chi connectivity index (χ4v) is 5.28. The second-order valence-corrected chi connectivity index (χ2v) is 10.3. The highest BCUT2D eigenvalue weighted by atomic mass is 16.5. The minimum Gasteiger partial charge on any atom is -0.475 e. The summed E-state index contributed by atoms with van der Waals surface area (Å²) in [6.45, 7) is 6.78. The van der Waals surface area contributed by atoms with Gasteiger partial charge < -0.3 is 9.47 Å². The topological polar surface area (TPSA) is 78.6 Å². The molecule has 7 heteroatoms. The van der Waals surface area contributed by atoms with Crippen molar-refractivity contribution in [1.82, 2.24) is 19.4 Å². The number of hydrogen-bond acceptors (Lipinski definition) is 6. The predicted octanol–water partition coefficient (Wildman–Crippen LogP) is 4.03. The van der Waals surface area contributed by atoms with Crippen LogP contribution < -0.4 is 4.74 Å². The minimum atomic E-state index is -0.0567. The van der Waals surface area contributed by atoms with Crippen molar-refractivity contribution in [2.24, 2.45) is 0 Å². The molecule has 2 saturated carbocycles. The highest BCUT2D eigenvalue weighted by molar-refractivity contribution is 5.96. The molecule has 2 saturated heterocycles. The zero-order chi connectivity index (χ0) is 22.1. The van der Waals surface area contributed by atoms with Gasteiger partial charge in [-0.25, -0.2) is 9.97 Å². The molecule has 3 aromatic rings. The number of carbonyl (C=O) groups is 1. The minimum absolute atomic E-state index is 0.00523. The number of nitrogens with zero attached hydrogens (tertiary/aromatic N) is 4. The van der Waals surface area contributed by atoms with Gasteiger partial charge in [0.2, 0.25) is 11.7 Å². The molecule has 5 heterocycles. The van der Waals surface area contributed by atoms with E-state index in [0.717, 1.165) is 42.6 Å². The van der Waals surface area contributed by atoms with Crippen molar-refractivity contribution >= 4 is 11.6 Å². The Morgan fingerprint density at radius 2 is 2.03 bits per heavy atom. The lowest BCUT2D eigenvalue weighted by Crippen LogP contribution is -2.45. The molecule has 0 amide bonds. The largest absolute Gasteiger partial charge is 0.475 e. The van der Waals surface area contributed by atoms with Crippen molar-refractivity contribution in [3.8, 4) is 5.88 Å². The molecule has 4 fully saturated rings. The van der Waals surface area contributed by atoms with Crippen molar-refractivity contribution in [2.45, 2.75) is 75.9 Å². The van der Waals surface area contributed by atoms with Gasteiger partial charge in [0.15, 0.2) is 5.78 Å². The third-order valence-corrected chi connectivity index (χ3v) is 6.90. The first-order valence-corrected chi connectivity index (χ1v) is 11.5. The van der Waals surface area contributed by atoms with Crippen LogP contribution in [0.2, 0.25) is 0 Å². The average Bonchev–Trinajstić information content (AvgIpc) is 3.30. The van der Waals surface area contributed by atoms with E-state index in [1.54, 1.807) is 6.07 Å². The van der Waals surface area contributed by atoms with E-state index in [4.69, 9.17) is 19.4 Å². The van der Waals surface area contributed by atoms with Gasteiger partial charge in [-0.15, -0.1) is 0 Å². The molecule has 2 bridgehead atoms. The predicted molar refractivity (Wildman–Crippen MR) is 118 cm³/mol. The summed E-state index contributed by atoms with van der Waals surface area (Å²) >= 11 is 0. The molecular weight excluding hydrogens is 404 g/mol. The quantitative estimate of drug-likeness (QED) is 0.525. The molecule has 7 nitrogen and oxygen atoms in total. The number of imidazole rings is 1. The third-order valence-electron chi connectivity index (χ3n) is 6.90. The number of ketones is 1. The van der Waals surface area contributed by atoms with Gasteiger partial charge in [0.1, 0.15) is 5.69 Å². The first-order chi connectivity index (χ1) is 15.3. The van der Waals surface area contributed by atoms with Gasteiger partial charge in [-0.1, -0.05) is 6.07 Å². The lowest BCUT2D eigenvalue weighted by Gasteiger charge is -2.41. The zero-order valence-electron chi connectivity index (χ0n) is 18.8. The maximum atomic E-state index is 13.1. The fraction of sp³-hybridized carbons (Fsp3) is 0.520. The highest BCUT2D eigenvalue weighted by Crippen LogP contribution is 2.58. The molecule has 0 N–H and O–H groups in total. The van der Waals surface area contributed by atoms with Gasteiger partial charge in [0, 0.05) is 41.4 Å². The molecule has 4 aliphatic rings. The molecular formula is C25H28N4O3. The molecule has 2 aliphatic heterocycles. The number of aromatic nitrogens is 4. The van der Waals surface area contributed by atoms with Gasteiger partial charge >= 0.3 is 0 Å². The van der Waals surface area contributed by atoms with Gasteiger partial charge in [-0.2, -0.15) is 4.98 Å². The maximum Gasteiger partial charge on any atom is 0.237 e. The number of Topliss-reactive ketones (excluding diaryl/α,β-unsaturated/α-hetero) is 1. The average molecular weight is 433 g/mol. The second kappa shape index (κ2) is 6.85. The van der Waals surface area contributed by atoms with Crippen LogP contribution in [0.4, 0.5) is 0 Å². The van der Waals surface area contributed by atoms with E-state index in [1.165, 1.54) is 0 Å². The fourth-order valence-electron chi connectivity index (χ4n) is 5.28. The Bertz CT molecular complexity index is 1220. The van der Waals surface area contributed by atoms with E-state index in [9.17, 15) is 4.79 Å². The van der Waals surface area contributed by atoms with Crippen molar-refractivity contribution in [3.63, 3.8) is 0 Å². The summed E-state index contributed by atoms with van der Waals surface area (Å²) in [5.74, 6) is 1.54. The van der Waals surface area contributed by atoms with Crippen molar-refractivity contribution in [3.05, 3.63) is 53.2 Å². The summed E-state index contributed by atoms with van der Waals surface area (Å²) in [5.41, 5.74) is 3.27. The second-order valence-electron chi connectivity index (χ2n) is 10.3. The summed E-state index contributed by atoms with van der Waals surface area (Å²) in [7, 11) is 0. The first-order valence-electron chi connectivity index (χ1n) is 11.5. The van der Waals surface area contributed by atoms with Crippen LogP contribution in [0.3, 0.4) is 0 Å². The summed E-state index contributed by atoms with van der Waals surface area (Å²) in [5, 5.41) is 0. The van der Waals surface area contributed by atoms with Crippen LogP contribution >= 0.6 is 0 Å². The van der Waals surface area contributed by atoms with Crippen LogP contribution in [0.5, 0.6) is 5.88 Å². The van der Waals surface area contributed by atoms with Crippen molar-refractivity contribution < 1.29 is 14.3 Å². The van der Waals surface area contributed by atoms with E-state index in [-0.39, 0.29) is 29.3 Å². The van der Waals surface area contributed by atoms with E-state index in [2.05, 4.69) is 11.9 Å². The normalized spacial score (nSPS) is 26.5. The Balaban J connectivity index is 1.33. The first kappa shape index (κ1) is 19.9. The maximum absolute atomic E-state index is 13.1. The van der Waals surface area contributed by atoms with Crippen LogP contribution in [0.25, 0.3) is 5.78 Å². The Kier molecular flexibility index (Phi) is 4.25. The summed E-state index contributed by atoms with van der Waals surface area (Å²) in [6, 6.07) is 5.74. The SMILES string of the molecule is CC(C)Oc1nc2nc(C34COC(C)(C3)C4)cn2cc1CC(=O)c1cccc(C2CC2)n1. The van der Waals surface area contributed by atoms with Gasteiger partial charge in [-0.3, -0.25) is 9.20 Å². The van der Waals surface area contributed by atoms with Crippen molar-refractivity contribution in [1.29, 1.82) is 0 Å². The van der Waals surface area contributed by atoms with E-state index >= 15 is 0 Å². The molecule has 0 spiro atoms. The van der Waals surface area contributed by atoms with E-state index in [0.29, 0.717) is 29.9 Å². The number of hydrogen-bond donors (Lipinski definition) is 0. The van der Waals surface area contributed by atoms with Crippen LogP contribution in [-0.2, 0) is 16.6 Å².